The molecule has 2 aromatic rings. The van der Waals surface area contributed by atoms with Gasteiger partial charge in [0.2, 0.25) is 0 Å². The second-order valence-corrected chi connectivity index (χ2v) is 6.32. The molecule has 2 heterocycles. The van der Waals surface area contributed by atoms with Gasteiger partial charge in [-0.25, -0.2) is 9.97 Å². The summed E-state index contributed by atoms with van der Waals surface area (Å²) >= 11 is 8.44. The number of rotatable bonds is 3. The highest BCUT2D eigenvalue weighted by atomic mass is 127. The predicted molar refractivity (Wildman–Crippen MR) is 86.3 cm³/mol. The van der Waals surface area contributed by atoms with E-state index >= 15 is 0 Å². The second-order valence-electron chi connectivity index (χ2n) is 4.89. The fourth-order valence-electron chi connectivity index (χ4n) is 1.83. The van der Waals surface area contributed by atoms with Crippen molar-refractivity contribution in [2.45, 2.75) is 27.2 Å². The number of nitrogens with zero attached hydrogens (tertiary/aromatic N) is 3. The van der Waals surface area contributed by atoms with Crippen molar-refractivity contribution in [3.05, 3.63) is 38.4 Å². The lowest BCUT2D eigenvalue weighted by Gasteiger charge is -2.11. The Bertz CT molecular complexity index is 599. The van der Waals surface area contributed by atoms with Crippen molar-refractivity contribution in [1.82, 2.24) is 15.0 Å². The van der Waals surface area contributed by atoms with Crippen LogP contribution in [0.3, 0.4) is 0 Å². The first-order valence-corrected chi connectivity index (χ1v) is 7.57. The monoisotopic (exact) mass is 387 g/mol. The Morgan fingerprint density at radius 1 is 1.32 bits per heavy atom. The molecule has 2 rings (SSSR count). The molecule has 0 atom stereocenters. The molecule has 5 heteroatoms. The summed E-state index contributed by atoms with van der Waals surface area (Å²) in [6.45, 7) is 6.34. The minimum atomic E-state index is 0.525. The minimum Gasteiger partial charge on any atom is -0.264 e. The molecule has 0 aliphatic carbocycles. The number of hydrogen-bond donors (Lipinski definition) is 0. The molecule has 0 amide bonds. The Morgan fingerprint density at radius 2 is 2.05 bits per heavy atom. The molecule has 0 spiro atoms. The zero-order chi connectivity index (χ0) is 14.0. The zero-order valence-corrected chi connectivity index (χ0v) is 14.0. The summed E-state index contributed by atoms with van der Waals surface area (Å²) < 4.78 is 0.948. The summed E-state index contributed by atoms with van der Waals surface area (Å²) in [5, 5.41) is 0.525. The summed E-state index contributed by atoms with van der Waals surface area (Å²) in [6.07, 6.45) is 4.46. The van der Waals surface area contributed by atoms with Gasteiger partial charge in [-0.05, 0) is 53.5 Å². The van der Waals surface area contributed by atoms with Gasteiger partial charge < -0.3 is 0 Å². The Morgan fingerprint density at radius 3 is 2.68 bits per heavy atom. The minimum absolute atomic E-state index is 0.525. The highest BCUT2D eigenvalue weighted by Crippen LogP contribution is 2.26. The topological polar surface area (TPSA) is 38.7 Å². The fourth-order valence-corrected chi connectivity index (χ4v) is 2.48. The third kappa shape index (κ3) is 3.42. The molecule has 0 aliphatic rings. The van der Waals surface area contributed by atoms with E-state index in [-0.39, 0.29) is 0 Å². The van der Waals surface area contributed by atoms with Crippen molar-refractivity contribution >= 4 is 34.2 Å². The Labute approximate surface area is 132 Å². The lowest BCUT2D eigenvalue weighted by Crippen LogP contribution is -2.05. The molecule has 19 heavy (non-hydrogen) atoms. The van der Waals surface area contributed by atoms with Crippen molar-refractivity contribution in [2.24, 2.45) is 5.92 Å². The molecule has 0 N–H and O–H groups in total. The maximum absolute atomic E-state index is 6.23. The van der Waals surface area contributed by atoms with E-state index in [2.05, 4.69) is 51.4 Å². The Hall–Kier alpha value is -0.750. The van der Waals surface area contributed by atoms with Crippen LogP contribution in [0.25, 0.3) is 11.4 Å². The van der Waals surface area contributed by atoms with Gasteiger partial charge in [-0.2, -0.15) is 0 Å². The van der Waals surface area contributed by atoms with Gasteiger partial charge in [0.25, 0.3) is 0 Å². The van der Waals surface area contributed by atoms with E-state index < -0.39 is 0 Å². The first-order chi connectivity index (χ1) is 8.99. The number of aromatic nitrogens is 3. The van der Waals surface area contributed by atoms with Crippen molar-refractivity contribution < 1.29 is 0 Å². The third-order valence-electron chi connectivity index (χ3n) is 2.74. The van der Waals surface area contributed by atoms with Crippen molar-refractivity contribution in [3.8, 4) is 11.4 Å². The predicted octanol–water partition coefficient (Wildman–Crippen LogP) is 4.30. The van der Waals surface area contributed by atoms with E-state index in [0.29, 0.717) is 16.9 Å². The van der Waals surface area contributed by atoms with Crippen LogP contribution in [-0.2, 0) is 6.42 Å². The molecule has 0 aliphatic heterocycles. The van der Waals surface area contributed by atoms with Gasteiger partial charge >= 0.3 is 0 Å². The summed E-state index contributed by atoms with van der Waals surface area (Å²) in [4.78, 5) is 13.2. The molecule has 3 nitrogen and oxygen atoms in total. The first-order valence-electron chi connectivity index (χ1n) is 6.12. The van der Waals surface area contributed by atoms with E-state index in [1.165, 1.54) is 0 Å². The van der Waals surface area contributed by atoms with Crippen LogP contribution in [0.1, 0.15) is 25.1 Å². The van der Waals surface area contributed by atoms with Crippen LogP contribution in [0, 0.1) is 16.4 Å². The van der Waals surface area contributed by atoms with Gasteiger partial charge in [0.15, 0.2) is 5.82 Å². The summed E-state index contributed by atoms with van der Waals surface area (Å²) in [7, 11) is 0. The molecule has 2 aromatic heterocycles. The molecule has 0 unspecified atom stereocenters. The van der Waals surface area contributed by atoms with Crippen LogP contribution in [-0.4, -0.2) is 15.0 Å². The van der Waals surface area contributed by atoms with Gasteiger partial charge in [0, 0.05) is 18.0 Å². The van der Waals surface area contributed by atoms with Crippen molar-refractivity contribution in [2.75, 3.05) is 0 Å². The van der Waals surface area contributed by atoms with E-state index in [1.807, 2.05) is 19.2 Å². The zero-order valence-electron chi connectivity index (χ0n) is 11.1. The standard InChI is InChI=1S/C14H15ClIN3/c1-8(2)6-11-12(16)13(15)19-14(18-11)10-4-5-17-7-9(10)3/h4-5,7-8H,6H2,1-3H3. The second kappa shape index (κ2) is 6.13. The number of pyridine rings is 1. The normalized spacial score (nSPS) is 11.1. The van der Waals surface area contributed by atoms with E-state index in [4.69, 9.17) is 11.6 Å². The fraction of sp³-hybridized carbons (Fsp3) is 0.357. The summed E-state index contributed by atoms with van der Waals surface area (Å²) in [6, 6.07) is 1.92. The average molecular weight is 388 g/mol. The van der Waals surface area contributed by atoms with Crippen LogP contribution in [0.15, 0.2) is 18.5 Å². The van der Waals surface area contributed by atoms with Crippen LogP contribution in [0.4, 0.5) is 0 Å². The highest BCUT2D eigenvalue weighted by molar-refractivity contribution is 14.1. The molecule has 100 valence electrons. The summed E-state index contributed by atoms with van der Waals surface area (Å²) in [5.41, 5.74) is 3.05. The van der Waals surface area contributed by atoms with Crippen LogP contribution in [0.5, 0.6) is 0 Å². The largest absolute Gasteiger partial charge is 0.264 e. The van der Waals surface area contributed by atoms with Crippen LogP contribution in [0.2, 0.25) is 5.15 Å². The van der Waals surface area contributed by atoms with Crippen molar-refractivity contribution in [3.63, 3.8) is 0 Å². The molecular formula is C14H15ClIN3. The summed E-state index contributed by atoms with van der Waals surface area (Å²) in [5.74, 6) is 1.21. The van der Waals surface area contributed by atoms with Gasteiger partial charge in [-0.3, -0.25) is 4.98 Å². The van der Waals surface area contributed by atoms with E-state index in [9.17, 15) is 0 Å². The number of hydrogen-bond acceptors (Lipinski definition) is 3. The third-order valence-corrected chi connectivity index (χ3v) is 4.47. The molecule has 0 saturated heterocycles. The highest BCUT2D eigenvalue weighted by Gasteiger charge is 2.14. The van der Waals surface area contributed by atoms with Crippen molar-refractivity contribution in [1.29, 1.82) is 0 Å². The number of aryl methyl sites for hydroxylation is 1. The maximum Gasteiger partial charge on any atom is 0.161 e. The van der Waals surface area contributed by atoms with Crippen LogP contribution >= 0.6 is 34.2 Å². The molecule has 0 bridgehead atoms. The Kier molecular flexibility index (Phi) is 4.73. The average Bonchev–Trinajstić information content (AvgIpc) is 2.35. The smallest absolute Gasteiger partial charge is 0.161 e. The SMILES string of the molecule is Cc1cnccc1-c1nc(Cl)c(I)c(CC(C)C)n1. The quantitative estimate of drug-likeness (QED) is 0.582. The van der Waals surface area contributed by atoms with Gasteiger partial charge in [-0.1, -0.05) is 25.4 Å². The maximum atomic E-state index is 6.23. The van der Waals surface area contributed by atoms with E-state index in [0.717, 1.165) is 26.8 Å². The van der Waals surface area contributed by atoms with Gasteiger partial charge in [-0.15, -0.1) is 0 Å². The van der Waals surface area contributed by atoms with Crippen LogP contribution < -0.4 is 0 Å². The Balaban J connectivity index is 2.54. The lowest BCUT2D eigenvalue weighted by molar-refractivity contribution is 0.632. The molecule has 0 radical (unpaired) electrons. The first kappa shape index (κ1) is 14.7. The molecule has 0 fully saturated rings. The number of halogens is 2. The molecule has 0 aromatic carbocycles. The van der Waals surface area contributed by atoms with E-state index in [1.54, 1.807) is 6.20 Å². The lowest BCUT2D eigenvalue weighted by atomic mass is 10.1. The molecular weight excluding hydrogens is 373 g/mol. The molecule has 0 saturated carbocycles. The van der Waals surface area contributed by atoms with Gasteiger partial charge in [0.1, 0.15) is 5.15 Å². The van der Waals surface area contributed by atoms with Gasteiger partial charge in [0.05, 0.1) is 9.26 Å².